The third-order valence-electron chi connectivity index (χ3n) is 2.52. The summed E-state index contributed by atoms with van der Waals surface area (Å²) in [4.78, 5) is 25.3. The van der Waals surface area contributed by atoms with Gasteiger partial charge in [-0.1, -0.05) is 0 Å². The Morgan fingerprint density at radius 3 is 2.85 bits per heavy atom. The van der Waals surface area contributed by atoms with Crippen LogP contribution in [0.3, 0.4) is 0 Å². The Balaban J connectivity index is 2.14. The summed E-state index contributed by atoms with van der Waals surface area (Å²) in [5.74, 6) is 0.276. The number of aliphatic hydroxyl groups excluding tert-OH is 1. The summed E-state index contributed by atoms with van der Waals surface area (Å²) in [5.41, 5.74) is 6.11. The average Bonchev–Trinajstić information content (AvgIpc) is 2.78. The first-order valence-electron chi connectivity index (χ1n) is 5.59. The first-order valence-corrected chi connectivity index (χ1v) is 7.39. The molecule has 0 aliphatic rings. The van der Waals surface area contributed by atoms with Crippen molar-refractivity contribution >= 4 is 24.4 Å². The Morgan fingerprint density at radius 1 is 1.45 bits per heavy atom. The van der Waals surface area contributed by atoms with Crippen molar-refractivity contribution in [1.29, 1.82) is 0 Å². The van der Waals surface area contributed by atoms with Crippen LogP contribution in [-0.4, -0.2) is 53.7 Å². The highest BCUT2D eigenvalue weighted by molar-refractivity contribution is 7.51. The van der Waals surface area contributed by atoms with Gasteiger partial charge in [0.1, 0.15) is 24.6 Å². The van der Waals surface area contributed by atoms with Crippen LogP contribution in [0.15, 0.2) is 12.5 Å². The second-order valence-corrected chi connectivity index (χ2v) is 5.68. The number of nitrogens with two attached hydrogens (primary N) is 1. The minimum absolute atomic E-state index is 0.0798. The molecular weight excluding hydrogens is 289 g/mol. The van der Waals surface area contributed by atoms with Crippen molar-refractivity contribution in [1.82, 2.24) is 19.7 Å². The number of nitrogens with zero attached hydrogens (tertiary/aromatic N) is 4. The van der Waals surface area contributed by atoms with E-state index in [-0.39, 0.29) is 12.4 Å². The van der Waals surface area contributed by atoms with Gasteiger partial charge < -0.3 is 25.4 Å². The number of hydrogen-bond acceptors (Lipinski definition) is 7. The highest BCUT2D eigenvalue weighted by Crippen LogP contribution is 2.34. The van der Waals surface area contributed by atoms with Gasteiger partial charge in [0.25, 0.3) is 0 Å². The molecule has 2 rings (SSSR count). The summed E-state index contributed by atoms with van der Waals surface area (Å²) >= 11 is 0. The minimum Gasteiger partial charge on any atom is -0.394 e. The van der Waals surface area contributed by atoms with Gasteiger partial charge in [0.15, 0.2) is 5.65 Å². The molecule has 0 aliphatic carbocycles. The fourth-order valence-electron chi connectivity index (χ4n) is 1.60. The zero-order valence-electron chi connectivity index (χ0n) is 10.3. The smallest absolute Gasteiger partial charge is 0.350 e. The average molecular weight is 303 g/mol. The van der Waals surface area contributed by atoms with Crippen LogP contribution in [0.1, 0.15) is 0 Å². The number of aromatic nitrogens is 4. The van der Waals surface area contributed by atoms with Crippen LogP contribution in [0.2, 0.25) is 0 Å². The van der Waals surface area contributed by atoms with E-state index in [9.17, 15) is 9.67 Å². The van der Waals surface area contributed by atoms with Gasteiger partial charge >= 0.3 is 7.60 Å². The molecule has 0 aromatic carbocycles. The number of aliphatic hydroxyl groups is 1. The second-order valence-electron chi connectivity index (χ2n) is 4.09. The number of fused-ring (bicyclic) bond motifs is 1. The molecule has 11 heteroatoms. The van der Waals surface area contributed by atoms with Crippen LogP contribution in [0, 0.1) is 0 Å². The summed E-state index contributed by atoms with van der Waals surface area (Å²) in [6, 6.07) is 0. The summed E-state index contributed by atoms with van der Waals surface area (Å²) in [6.07, 6.45) is 1.17. The van der Waals surface area contributed by atoms with Gasteiger partial charge in [-0.3, -0.25) is 4.57 Å². The van der Waals surface area contributed by atoms with Crippen LogP contribution in [0.5, 0.6) is 0 Å². The second kappa shape index (κ2) is 5.81. The fourth-order valence-corrected chi connectivity index (χ4v) is 2.01. The van der Waals surface area contributed by atoms with E-state index in [0.717, 1.165) is 0 Å². The molecule has 0 unspecified atom stereocenters. The standard InChI is InChI=1S/C9H14N5O5P/c10-8-7-1-13-14(9(7)12-4-11-8)2-6(3-15)19-5-20(16,17)18/h1,4,6,15H,2-3,5H2,(H2,10,11,12)(H2,16,17,18)/t6-/m0/s1. The SMILES string of the molecule is Nc1ncnc2c1cnn2C[C@@H](CO)OCP(=O)(O)O. The summed E-state index contributed by atoms with van der Waals surface area (Å²) < 4.78 is 17.1. The largest absolute Gasteiger partial charge is 0.394 e. The molecule has 0 spiro atoms. The molecule has 0 fully saturated rings. The first kappa shape index (κ1) is 14.8. The maximum atomic E-state index is 10.7. The zero-order chi connectivity index (χ0) is 14.8. The Kier molecular flexibility index (Phi) is 4.31. The van der Waals surface area contributed by atoms with Crippen molar-refractivity contribution in [3.8, 4) is 0 Å². The maximum absolute atomic E-state index is 10.7. The molecule has 5 N–H and O–H groups in total. The predicted octanol–water partition coefficient (Wildman–Crippen LogP) is -1.08. The molecule has 0 saturated heterocycles. The van der Waals surface area contributed by atoms with Crippen molar-refractivity contribution in [2.75, 3.05) is 18.7 Å². The third-order valence-corrected chi connectivity index (χ3v) is 3.01. The molecule has 0 saturated carbocycles. The van der Waals surface area contributed by atoms with Gasteiger partial charge in [-0.25, -0.2) is 14.6 Å². The Hall–Kier alpha value is -1.58. The van der Waals surface area contributed by atoms with Gasteiger partial charge in [0.2, 0.25) is 0 Å². The van der Waals surface area contributed by atoms with Gasteiger partial charge in [-0.15, -0.1) is 0 Å². The number of ether oxygens (including phenoxy) is 1. The zero-order valence-corrected chi connectivity index (χ0v) is 11.2. The van der Waals surface area contributed by atoms with Crippen molar-refractivity contribution in [3.05, 3.63) is 12.5 Å². The lowest BCUT2D eigenvalue weighted by atomic mass is 10.3. The molecule has 0 radical (unpaired) electrons. The Morgan fingerprint density at radius 2 is 2.20 bits per heavy atom. The number of nitrogen functional groups attached to an aromatic ring is 1. The molecule has 1 atom stereocenters. The Labute approximate surface area is 113 Å². The van der Waals surface area contributed by atoms with Gasteiger partial charge in [-0.2, -0.15) is 5.10 Å². The molecular formula is C9H14N5O5P. The number of rotatable bonds is 6. The van der Waals surface area contributed by atoms with E-state index in [0.29, 0.717) is 11.0 Å². The van der Waals surface area contributed by atoms with E-state index in [1.54, 1.807) is 0 Å². The summed E-state index contributed by atoms with van der Waals surface area (Å²) in [5, 5.41) is 13.8. The lowest BCUT2D eigenvalue weighted by Gasteiger charge is -2.16. The van der Waals surface area contributed by atoms with Gasteiger partial charge in [0.05, 0.1) is 24.7 Å². The molecule has 20 heavy (non-hydrogen) atoms. The molecule has 0 amide bonds. The predicted molar refractivity (Wildman–Crippen MR) is 68.6 cm³/mol. The molecule has 2 aromatic rings. The maximum Gasteiger partial charge on any atom is 0.350 e. The van der Waals surface area contributed by atoms with Crippen molar-refractivity contribution in [2.24, 2.45) is 0 Å². The summed E-state index contributed by atoms with van der Waals surface area (Å²) in [7, 11) is -4.29. The van der Waals surface area contributed by atoms with Crippen LogP contribution < -0.4 is 5.73 Å². The minimum atomic E-state index is -4.29. The number of anilines is 1. The molecule has 10 nitrogen and oxygen atoms in total. The van der Waals surface area contributed by atoms with E-state index in [1.807, 2.05) is 0 Å². The van der Waals surface area contributed by atoms with Crippen molar-refractivity contribution in [3.63, 3.8) is 0 Å². The third kappa shape index (κ3) is 3.50. The molecule has 0 bridgehead atoms. The Bertz CT molecular complexity index is 641. The van der Waals surface area contributed by atoms with E-state index in [1.165, 1.54) is 17.2 Å². The van der Waals surface area contributed by atoms with Crippen molar-refractivity contribution < 1.29 is 24.2 Å². The fraction of sp³-hybridized carbons (Fsp3) is 0.444. The molecule has 0 aliphatic heterocycles. The topological polar surface area (TPSA) is 157 Å². The highest BCUT2D eigenvalue weighted by atomic mass is 31.2. The normalized spacial score (nSPS) is 13.8. The van der Waals surface area contributed by atoms with Crippen LogP contribution >= 0.6 is 7.60 Å². The van der Waals surface area contributed by atoms with E-state index >= 15 is 0 Å². The van der Waals surface area contributed by atoms with E-state index in [4.69, 9.17) is 20.3 Å². The lowest BCUT2D eigenvalue weighted by molar-refractivity contribution is 0.0182. The van der Waals surface area contributed by atoms with E-state index in [2.05, 4.69) is 15.1 Å². The molecule has 2 heterocycles. The van der Waals surface area contributed by atoms with E-state index < -0.39 is 26.7 Å². The first-order chi connectivity index (χ1) is 9.40. The van der Waals surface area contributed by atoms with Crippen LogP contribution in [0.25, 0.3) is 11.0 Å². The van der Waals surface area contributed by atoms with Crippen molar-refractivity contribution in [2.45, 2.75) is 12.6 Å². The summed E-state index contributed by atoms with van der Waals surface area (Å²) in [6.45, 7) is -0.335. The van der Waals surface area contributed by atoms with Crippen LogP contribution in [0.4, 0.5) is 5.82 Å². The molecule has 2 aromatic heterocycles. The lowest BCUT2D eigenvalue weighted by Crippen LogP contribution is -2.25. The quantitative estimate of drug-likeness (QED) is 0.487. The number of hydrogen-bond donors (Lipinski definition) is 4. The van der Waals surface area contributed by atoms with Gasteiger partial charge in [-0.05, 0) is 0 Å². The monoisotopic (exact) mass is 303 g/mol. The van der Waals surface area contributed by atoms with Crippen LogP contribution in [-0.2, 0) is 15.8 Å². The molecule has 110 valence electrons. The highest BCUT2D eigenvalue weighted by Gasteiger charge is 2.19. The van der Waals surface area contributed by atoms with Gasteiger partial charge in [0, 0.05) is 0 Å².